The molecule has 6 nitrogen and oxygen atoms in total. The number of nitrogens with one attached hydrogen (secondary N) is 1. The third kappa shape index (κ3) is 14.9. The Morgan fingerprint density at radius 1 is 1.39 bits per heavy atom. The Hall–Kier alpha value is -1.74. The van der Waals surface area contributed by atoms with Crippen LogP contribution in [-0.2, 0) is 20.8 Å². The SMILES string of the molecule is CC(C)(C)OC(N)=O.O=C(CCOC(F)F)NCc1ccsc1. The van der Waals surface area contributed by atoms with Gasteiger partial charge in [-0.25, -0.2) is 4.79 Å². The van der Waals surface area contributed by atoms with E-state index in [9.17, 15) is 18.4 Å². The number of alkyl halides is 2. The van der Waals surface area contributed by atoms with Crippen LogP contribution in [0.15, 0.2) is 16.8 Å². The predicted octanol–water partition coefficient (Wildman–Crippen LogP) is 2.87. The molecule has 1 rings (SSSR count). The Morgan fingerprint density at radius 2 is 2.04 bits per heavy atom. The van der Waals surface area contributed by atoms with Crippen molar-refractivity contribution >= 4 is 23.3 Å². The summed E-state index contributed by atoms with van der Waals surface area (Å²) in [5.74, 6) is -0.290. The summed E-state index contributed by atoms with van der Waals surface area (Å²) in [6.45, 7) is 2.65. The molecule has 1 heterocycles. The number of carbonyl (C=O) groups excluding carboxylic acids is 2. The average molecular weight is 352 g/mol. The molecule has 2 amide bonds. The van der Waals surface area contributed by atoms with Crippen LogP contribution in [0.25, 0.3) is 0 Å². The van der Waals surface area contributed by atoms with Gasteiger partial charge in [0.05, 0.1) is 13.0 Å². The van der Waals surface area contributed by atoms with Crippen LogP contribution in [0, 0.1) is 0 Å². The summed E-state index contributed by atoms with van der Waals surface area (Å²) in [4.78, 5) is 21.1. The minimum atomic E-state index is -2.81. The van der Waals surface area contributed by atoms with Gasteiger partial charge in [-0.15, -0.1) is 0 Å². The van der Waals surface area contributed by atoms with E-state index >= 15 is 0 Å². The van der Waals surface area contributed by atoms with Gasteiger partial charge in [0.2, 0.25) is 5.91 Å². The van der Waals surface area contributed by atoms with Crippen molar-refractivity contribution in [3.05, 3.63) is 22.4 Å². The van der Waals surface area contributed by atoms with Gasteiger partial charge in [-0.3, -0.25) is 4.79 Å². The lowest BCUT2D eigenvalue weighted by Crippen LogP contribution is -2.27. The second-order valence-corrected chi connectivity index (χ2v) is 6.10. The van der Waals surface area contributed by atoms with Crippen LogP contribution < -0.4 is 11.1 Å². The van der Waals surface area contributed by atoms with Gasteiger partial charge in [-0.1, -0.05) is 0 Å². The lowest BCUT2D eigenvalue weighted by Gasteiger charge is -2.16. The molecule has 1 aromatic rings. The highest BCUT2D eigenvalue weighted by Crippen LogP contribution is 2.05. The summed E-state index contributed by atoms with van der Waals surface area (Å²) in [6, 6.07) is 1.89. The second kappa shape index (κ2) is 10.9. The molecule has 0 aliphatic rings. The summed E-state index contributed by atoms with van der Waals surface area (Å²) in [7, 11) is 0. The highest BCUT2D eigenvalue weighted by atomic mass is 32.1. The van der Waals surface area contributed by atoms with Crippen LogP contribution in [-0.4, -0.2) is 30.8 Å². The number of hydrogen-bond acceptors (Lipinski definition) is 5. The highest BCUT2D eigenvalue weighted by molar-refractivity contribution is 7.07. The van der Waals surface area contributed by atoms with Gasteiger partial charge in [0.1, 0.15) is 5.60 Å². The summed E-state index contributed by atoms with van der Waals surface area (Å²) in [5, 5.41) is 6.42. The molecular formula is C14H22F2N2O4S. The van der Waals surface area contributed by atoms with Gasteiger partial charge >= 0.3 is 12.7 Å². The summed E-state index contributed by atoms with van der Waals surface area (Å²) >= 11 is 1.54. The van der Waals surface area contributed by atoms with Gasteiger partial charge in [0, 0.05) is 6.54 Å². The van der Waals surface area contributed by atoms with Crippen molar-refractivity contribution in [2.75, 3.05) is 6.61 Å². The van der Waals surface area contributed by atoms with Crippen LogP contribution in [0.5, 0.6) is 0 Å². The molecule has 0 saturated heterocycles. The van der Waals surface area contributed by atoms with Crippen molar-refractivity contribution in [1.82, 2.24) is 5.32 Å². The van der Waals surface area contributed by atoms with Crippen LogP contribution >= 0.6 is 11.3 Å². The van der Waals surface area contributed by atoms with Crippen LogP contribution in [0.1, 0.15) is 32.8 Å². The third-order valence-corrected chi connectivity index (χ3v) is 2.78. The Balaban J connectivity index is 0.000000515. The molecule has 1 aromatic heterocycles. The Kier molecular flexibility index (Phi) is 10.1. The second-order valence-electron chi connectivity index (χ2n) is 5.32. The molecule has 132 valence electrons. The lowest BCUT2D eigenvalue weighted by molar-refractivity contribution is -0.138. The smallest absolute Gasteiger partial charge is 0.405 e. The monoisotopic (exact) mass is 352 g/mol. The summed E-state index contributed by atoms with van der Waals surface area (Å²) in [5.41, 5.74) is 5.27. The van der Waals surface area contributed by atoms with Crippen molar-refractivity contribution in [3.8, 4) is 0 Å². The van der Waals surface area contributed by atoms with Crippen molar-refractivity contribution in [3.63, 3.8) is 0 Å². The van der Waals surface area contributed by atoms with E-state index in [0.29, 0.717) is 6.54 Å². The van der Waals surface area contributed by atoms with E-state index in [4.69, 9.17) is 5.73 Å². The Bertz CT molecular complexity index is 462. The largest absolute Gasteiger partial charge is 0.444 e. The van der Waals surface area contributed by atoms with E-state index in [-0.39, 0.29) is 18.9 Å². The number of halogens is 2. The molecule has 0 spiro atoms. The molecule has 0 radical (unpaired) electrons. The maximum atomic E-state index is 11.5. The first-order chi connectivity index (χ1) is 10.6. The minimum Gasteiger partial charge on any atom is -0.444 e. The zero-order valence-corrected chi connectivity index (χ0v) is 14.1. The normalized spacial score (nSPS) is 10.7. The lowest BCUT2D eigenvalue weighted by atomic mass is 10.2. The third-order valence-electron chi connectivity index (χ3n) is 2.05. The number of hydrogen-bond donors (Lipinski definition) is 2. The fourth-order valence-electron chi connectivity index (χ4n) is 1.22. The molecule has 0 atom stereocenters. The maximum Gasteiger partial charge on any atom is 0.405 e. The van der Waals surface area contributed by atoms with Crippen molar-refractivity contribution < 1.29 is 27.8 Å². The number of rotatable bonds is 6. The van der Waals surface area contributed by atoms with Crippen LogP contribution in [0.3, 0.4) is 0 Å². The first-order valence-corrected chi connectivity index (χ1v) is 7.70. The number of amides is 2. The molecule has 0 fully saturated rings. The molecule has 0 bridgehead atoms. The summed E-state index contributed by atoms with van der Waals surface area (Å²) < 4.78 is 31.6. The molecule has 9 heteroatoms. The predicted molar refractivity (Wildman–Crippen MR) is 83.2 cm³/mol. The zero-order valence-electron chi connectivity index (χ0n) is 13.3. The molecule has 23 heavy (non-hydrogen) atoms. The quantitative estimate of drug-likeness (QED) is 0.824. The van der Waals surface area contributed by atoms with E-state index in [2.05, 4.69) is 14.8 Å². The minimum absolute atomic E-state index is 0.0471. The number of thiophene rings is 1. The molecule has 0 aromatic carbocycles. The Morgan fingerprint density at radius 3 is 2.43 bits per heavy atom. The first kappa shape index (κ1) is 21.3. The number of ether oxygens (including phenoxy) is 2. The van der Waals surface area contributed by atoms with Gasteiger partial charge in [0.25, 0.3) is 0 Å². The van der Waals surface area contributed by atoms with Gasteiger partial charge < -0.3 is 20.5 Å². The molecule has 0 saturated carbocycles. The van der Waals surface area contributed by atoms with Crippen LogP contribution in [0.2, 0.25) is 0 Å². The van der Waals surface area contributed by atoms with E-state index in [1.54, 1.807) is 20.8 Å². The van der Waals surface area contributed by atoms with Gasteiger partial charge in [-0.05, 0) is 43.2 Å². The molecular weight excluding hydrogens is 330 g/mol. The molecule has 0 aliphatic heterocycles. The van der Waals surface area contributed by atoms with Gasteiger partial charge in [-0.2, -0.15) is 20.1 Å². The van der Waals surface area contributed by atoms with Crippen molar-refractivity contribution in [2.45, 2.75) is 45.9 Å². The van der Waals surface area contributed by atoms with E-state index < -0.39 is 18.3 Å². The van der Waals surface area contributed by atoms with Crippen LogP contribution in [0.4, 0.5) is 13.6 Å². The number of primary amides is 1. The number of carbonyl (C=O) groups is 2. The summed E-state index contributed by atoms with van der Waals surface area (Å²) in [6.07, 6.45) is -0.772. The highest BCUT2D eigenvalue weighted by Gasteiger charge is 2.12. The molecule has 0 aliphatic carbocycles. The fourth-order valence-corrected chi connectivity index (χ4v) is 1.89. The average Bonchev–Trinajstić information content (AvgIpc) is 2.86. The maximum absolute atomic E-state index is 11.5. The molecule has 3 N–H and O–H groups in total. The van der Waals surface area contributed by atoms with Crippen molar-refractivity contribution in [2.24, 2.45) is 5.73 Å². The topological polar surface area (TPSA) is 90.7 Å². The van der Waals surface area contributed by atoms with E-state index in [0.717, 1.165) is 5.56 Å². The number of nitrogens with two attached hydrogens (primary N) is 1. The standard InChI is InChI=1S/C9H11F2NO2S.C5H11NO2/c10-9(11)14-3-1-8(13)12-5-7-2-4-15-6-7;1-5(2,3)8-4(6)7/h2,4,6,9H,1,3,5H2,(H,12,13);1-3H3,(H2,6,7). The van der Waals surface area contributed by atoms with Gasteiger partial charge in [0.15, 0.2) is 0 Å². The fraction of sp³-hybridized carbons (Fsp3) is 0.571. The Labute approximate surface area is 137 Å². The van der Waals surface area contributed by atoms with Crippen molar-refractivity contribution in [1.29, 1.82) is 0 Å². The zero-order chi connectivity index (χ0) is 17.9. The van der Waals surface area contributed by atoms with E-state index in [1.807, 2.05) is 16.8 Å². The first-order valence-electron chi connectivity index (χ1n) is 6.76. The van der Waals surface area contributed by atoms with E-state index in [1.165, 1.54) is 11.3 Å². The molecule has 0 unspecified atom stereocenters.